The maximum Gasteiger partial charge on any atom is 0.307 e. The number of hydrogen-bond donors (Lipinski definition) is 1. The zero-order chi connectivity index (χ0) is 17.2. The van der Waals surface area contributed by atoms with E-state index in [9.17, 15) is 4.79 Å². The van der Waals surface area contributed by atoms with Crippen LogP contribution < -0.4 is 10.1 Å². The van der Waals surface area contributed by atoms with Crippen LogP contribution in [0.1, 0.15) is 26.2 Å². The van der Waals surface area contributed by atoms with Crippen LogP contribution in [0, 0.1) is 0 Å². The number of ether oxygens (including phenoxy) is 2. The van der Waals surface area contributed by atoms with E-state index in [0.29, 0.717) is 13.0 Å². The Morgan fingerprint density at radius 2 is 2.00 bits per heavy atom. The number of para-hydroxylation sites is 1. The number of carbonyl (C=O) groups is 1. The molecule has 0 aliphatic carbocycles. The number of benzene rings is 1. The van der Waals surface area contributed by atoms with Crippen LogP contribution in [-0.2, 0) is 9.53 Å². The third-order valence-corrected chi connectivity index (χ3v) is 3.93. The molecule has 1 aliphatic heterocycles. The van der Waals surface area contributed by atoms with E-state index < -0.39 is 0 Å². The molecule has 0 bridgehead atoms. The van der Waals surface area contributed by atoms with Gasteiger partial charge in [-0.1, -0.05) is 18.2 Å². The molecule has 132 valence electrons. The molecule has 1 aromatic rings. The van der Waals surface area contributed by atoms with E-state index >= 15 is 0 Å². The number of nitrogens with zero attached hydrogens (tertiary/aromatic N) is 2. The third kappa shape index (κ3) is 5.76. The highest BCUT2D eigenvalue weighted by atomic mass is 16.5. The Morgan fingerprint density at radius 1 is 1.29 bits per heavy atom. The van der Waals surface area contributed by atoms with Gasteiger partial charge in [-0.05, 0) is 19.1 Å². The highest BCUT2D eigenvalue weighted by Crippen LogP contribution is 2.18. The van der Waals surface area contributed by atoms with Crippen molar-refractivity contribution in [1.29, 1.82) is 0 Å². The first-order chi connectivity index (χ1) is 11.7. The molecule has 0 spiro atoms. The number of nitrogens with one attached hydrogen (secondary N) is 1. The van der Waals surface area contributed by atoms with E-state index in [1.54, 1.807) is 0 Å². The summed E-state index contributed by atoms with van der Waals surface area (Å²) in [4.78, 5) is 18.0. The van der Waals surface area contributed by atoms with Crippen molar-refractivity contribution in [3.8, 4) is 5.75 Å². The fraction of sp³-hybridized carbons (Fsp3) is 0.556. The average Bonchev–Trinajstić information content (AvgIpc) is 2.62. The van der Waals surface area contributed by atoms with Crippen LogP contribution >= 0.6 is 0 Å². The van der Waals surface area contributed by atoms with Crippen LogP contribution in [0.5, 0.6) is 5.75 Å². The van der Waals surface area contributed by atoms with Crippen LogP contribution in [0.25, 0.3) is 0 Å². The molecule has 24 heavy (non-hydrogen) atoms. The lowest BCUT2D eigenvalue weighted by Crippen LogP contribution is -2.47. The largest absolute Gasteiger partial charge is 0.490 e. The molecular formula is C18H27N3O3. The van der Waals surface area contributed by atoms with Crippen LogP contribution in [0.4, 0.5) is 0 Å². The number of rotatable bonds is 6. The van der Waals surface area contributed by atoms with E-state index in [0.717, 1.165) is 44.2 Å². The van der Waals surface area contributed by atoms with Gasteiger partial charge in [0.15, 0.2) is 5.96 Å². The molecule has 0 aromatic heterocycles. The van der Waals surface area contributed by atoms with Gasteiger partial charge in [-0.3, -0.25) is 9.79 Å². The molecule has 0 saturated carbocycles. The SMILES string of the molecule is CCNC(=NCCC(=O)OC)N1CCC(Oc2ccccc2)CC1. The molecule has 0 unspecified atom stereocenters. The van der Waals surface area contributed by atoms with E-state index in [1.165, 1.54) is 7.11 Å². The number of carbonyl (C=O) groups excluding carboxylic acids is 1. The number of piperidine rings is 1. The maximum absolute atomic E-state index is 11.2. The van der Waals surface area contributed by atoms with Gasteiger partial charge in [0.1, 0.15) is 11.9 Å². The minimum Gasteiger partial charge on any atom is -0.490 e. The van der Waals surface area contributed by atoms with Gasteiger partial charge in [0.05, 0.1) is 20.1 Å². The van der Waals surface area contributed by atoms with Crippen molar-refractivity contribution in [3.63, 3.8) is 0 Å². The molecule has 0 radical (unpaired) electrons. The van der Waals surface area contributed by atoms with Crippen LogP contribution in [0.15, 0.2) is 35.3 Å². The topological polar surface area (TPSA) is 63.2 Å². The van der Waals surface area contributed by atoms with E-state index in [1.807, 2.05) is 37.3 Å². The predicted octanol–water partition coefficient (Wildman–Crippen LogP) is 2.06. The monoisotopic (exact) mass is 333 g/mol. The fourth-order valence-electron chi connectivity index (χ4n) is 2.66. The zero-order valence-corrected chi connectivity index (χ0v) is 14.5. The molecule has 1 saturated heterocycles. The van der Waals surface area contributed by atoms with E-state index in [4.69, 9.17) is 4.74 Å². The number of hydrogen-bond acceptors (Lipinski definition) is 4. The summed E-state index contributed by atoms with van der Waals surface area (Å²) < 4.78 is 10.7. The van der Waals surface area contributed by atoms with Gasteiger partial charge in [0.25, 0.3) is 0 Å². The lowest BCUT2D eigenvalue weighted by atomic mass is 10.1. The molecule has 0 atom stereocenters. The number of aliphatic imine (C=N–C) groups is 1. The number of guanidine groups is 1. The van der Waals surface area contributed by atoms with Crippen LogP contribution in [0.3, 0.4) is 0 Å². The fourth-order valence-corrected chi connectivity index (χ4v) is 2.66. The van der Waals surface area contributed by atoms with Gasteiger partial charge in [0, 0.05) is 32.5 Å². The van der Waals surface area contributed by atoms with Crippen molar-refractivity contribution < 1.29 is 14.3 Å². The van der Waals surface area contributed by atoms with Gasteiger partial charge in [-0.15, -0.1) is 0 Å². The first-order valence-corrected chi connectivity index (χ1v) is 8.54. The number of likely N-dealkylation sites (tertiary alicyclic amines) is 1. The second kappa shape index (κ2) is 9.80. The minimum absolute atomic E-state index is 0.232. The Balaban J connectivity index is 1.83. The van der Waals surface area contributed by atoms with Crippen molar-refractivity contribution in [2.75, 3.05) is 33.3 Å². The molecule has 2 rings (SSSR count). The summed E-state index contributed by atoms with van der Waals surface area (Å²) >= 11 is 0. The maximum atomic E-state index is 11.2. The Morgan fingerprint density at radius 3 is 2.62 bits per heavy atom. The van der Waals surface area contributed by atoms with Crippen LogP contribution in [0.2, 0.25) is 0 Å². The predicted molar refractivity (Wildman–Crippen MR) is 94.3 cm³/mol. The Labute approximate surface area is 143 Å². The van der Waals surface area contributed by atoms with Gasteiger partial charge >= 0.3 is 5.97 Å². The molecule has 1 fully saturated rings. The van der Waals surface area contributed by atoms with E-state index in [-0.39, 0.29) is 12.1 Å². The summed E-state index contributed by atoms with van der Waals surface area (Å²) in [5, 5.41) is 3.29. The first-order valence-electron chi connectivity index (χ1n) is 8.54. The summed E-state index contributed by atoms with van der Waals surface area (Å²) in [6.07, 6.45) is 2.45. The number of esters is 1. The summed E-state index contributed by atoms with van der Waals surface area (Å²) in [7, 11) is 1.40. The van der Waals surface area contributed by atoms with Crippen molar-refractivity contribution in [1.82, 2.24) is 10.2 Å². The quantitative estimate of drug-likeness (QED) is 0.490. The molecular weight excluding hydrogens is 306 g/mol. The van der Waals surface area contributed by atoms with Gasteiger partial charge in [-0.2, -0.15) is 0 Å². The lowest BCUT2D eigenvalue weighted by molar-refractivity contribution is -0.140. The first kappa shape index (κ1) is 18.1. The Kier molecular flexibility index (Phi) is 7.39. The molecule has 1 aliphatic rings. The highest BCUT2D eigenvalue weighted by molar-refractivity contribution is 5.80. The molecule has 1 heterocycles. The number of methoxy groups -OCH3 is 1. The lowest BCUT2D eigenvalue weighted by Gasteiger charge is -2.34. The molecule has 1 N–H and O–H groups in total. The normalized spacial score (nSPS) is 15.9. The van der Waals surface area contributed by atoms with Crippen LogP contribution in [-0.4, -0.2) is 56.2 Å². The molecule has 6 heteroatoms. The summed E-state index contributed by atoms with van der Waals surface area (Å²) in [5.74, 6) is 1.55. The average molecular weight is 333 g/mol. The van der Waals surface area contributed by atoms with Gasteiger partial charge in [-0.25, -0.2) is 0 Å². The second-order valence-electron chi connectivity index (χ2n) is 5.68. The zero-order valence-electron chi connectivity index (χ0n) is 14.5. The van der Waals surface area contributed by atoms with Gasteiger partial charge in [0.2, 0.25) is 0 Å². The smallest absolute Gasteiger partial charge is 0.307 e. The molecule has 1 aromatic carbocycles. The van der Waals surface area contributed by atoms with Crippen molar-refractivity contribution >= 4 is 11.9 Å². The molecule has 6 nitrogen and oxygen atoms in total. The van der Waals surface area contributed by atoms with Gasteiger partial charge < -0.3 is 19.7 Å². The summed E-state index contributed by atoms with van der Waals surface area (Å²) in [6.45, 7) is 5.07. The van der Waals surface area contributed by atoms with Crippen molar-refractivity contribution in [2.24, 2.45) is 4.99 Å². The summed E-state index contributed by atoms with van der Waals surface area (Å²) in [6, 6.07) is 9.95. The second-order valence-corrected chi connectivity index (χ2v) is 5.68. The molecule has 0 amide bonds. The minimum atomic E-state index is -0.232. The Bertz CT molecular complexity index is 526. The third-order valence-electron chi connectivity index (χ3n) is 3.93. The Hall–Kier alpha value is -2.24. The standard InChI is InChI=1S/C18H27N3O3/c1-3-19-18(20-12-9-17(22)23-2)21-13-10-16(11-14-21)24-15-7-5-4-6-8-15/h4-8,16H,3,9-14H2,1-2H3,(H,19,20). The summed E-state index contributed by atoms with van der Waals surface area (Å²) in [5.41, 5.74) is 0. The van der Waals surface area contributed by atoms with Crippen molar-refractivity contribution in [2.45, 2.75) is 32.3 Å². The highest BCUT2D eigenvalue weighted by Gasteiger charge is 2.22. The van der Waals surface area contributed by atoms with E-state index in [2.05, 4.69) is 19.9 Å². The van der Waals surface area contributed by atoms with Crippen molar-refractivity contribution in [3.05, 3.63) is 30.3 Å².